The molecule has 0 amide bonds. The SMILES string of the molecule is Cc1ccc(Cn2nc(C)c3c2Oc2ccccc2N=C3)cc1. The number of hydrogen-bond acceptors (Lipinski definition) is 3. The molecule has 4 rings (SSSR count). The Morgan fingerprint density at radius 2 is 1.78 bits per heavy atom. The molecule has 0 N–H and O–H groups in total. The fourth-order valence-corrected chi connectivity index (χ4v) is 2.69. The van der Waals surface area contributed by atoms with Crippen molar-refractivity contribution in [3.05, 3.63) is 70.9 Å². The van der Waals surface area contributed by atoms with Crippen LogP contribution in [0, 0.1) is 13.8 Å². The van der Waals surface area contributed by atoms with E-state index in [0.717, 1.165) is 28.6 Å². The molecular weight excluding hydrogens is 286 g/mol. The molecule has 4 heteroatoms. The fourth-order valence-electron chi connectivity index (χ4n) is 2.69. The monoisotopic (exact) mass is 303 g/mol. The fraction of sp³-hybridized carbons (Fsp3) is 0.158. The number of aryl methyl sites for hydroxylation is 2. The van der Waals surface area contributed by atoms with Crippen LogP contribution in [0.25, 0.3) is 0 Å². The Labute approximate surface area is 135 Å². The topological polar surface area (TPSA) is 39.4 Å². The van der Waals surface area contributed by atoms with Gasteiger partial charge in [-0.3, -0.25) is 4.99 Å². The molecule has 1 aliphatic rings. The lowest BCUT2D eigenvalue weighted by Crippen LogP contribution is -2.04. The van der Waals surface area contributed by atoms with E-state index < -0.39 is 0 Å². The standard InChI is InChI=1S/C19H17N3O/c1-13-7-9-15(10-8-13)12-22-19-16(14(2)21-22)11-20-17-5-3-4-6-18(17)23-19/h3-11H,12H2,1-2H3. The van der Waals surface area contributed by atoms with Gasteiger partial charge in [0, 0.05) is 6.21 Å². The highest BCUT2D eigenvalue weighted by Gasteiger charge is 2.20. The van der Waals surface area contributed by atoms with Gasteiger partial charge < -0.3 is 4.74 Å². The summed E-state index contributed by atoms with van der Waals surface area (Å²) in [5.41, 5.74) is 5.14. The van der Waals surface area contributed by atoms with Crippen molar-refractivity contribution in [1.29, 1.82) is 0 Å². The molecule has 2 heterocycles. The summed E-state index contributed by atoms with van der Waals surface area (Å²) in [5.74, 6) is 1.50. The van der Waals surface area contributed by atoms with Crippen LogP contribution in [-0.4, -0.2) is 16.0 Å². The number of fused-ring (bicyclic) bond motifs is 2. The van der Waals surface area contributed by atoms with Gasteiger partial charge in [0.2, 0.25) is 5.88 Å². The summed E-state index contributed by atoms with van der Waals surface area (Å²) >= 11 is 0. The zero-order valence-corrected chi connectivity index (χ0v) is 13.2. The van der Waals surface area contributed by atoms with Crippen LogP contribution >= 0.6 is 0 Å². The number of aromatic nitrogens is 2. The zero-order chi connectivity index (χ0) is 15.8. The molecule has 0 aliphatic carbocycles. The van der Waals surface area contributed by atoms with E-state index in [4.69, 9.17) is 4.74 Å². The van der Waals surface area contributed by atoms with Crippen LogP contribution in [0.15, 0.2) is 53.5 Å². The van der Waals surface area contributed by atoms with Crippen LogP contribution in [0.3, 0.4) is 0 Å². The van der Waals surface area contributed by atoms with Crippen LogP contribution in [0.2, 0.25) is 0 Å². The highest BCUT2D eigenvalue weighted by atomic mass is 16.5. The van der Waals surface area contributed by atoms with E-state index >= 15 is 0 Å². The number of rotatable bonds is 2. The predicted octanol–water partition coefficient (Wildman–Crippen LogP) is 4.40. The molecule has 3 aromatic rings. The molecule has 0 saturated carbocycles. The lowest BCUT2D eigenvalue weighted by atomic mass is 10.1. The van der Waals surface area contributed by atoms with Crippen molar-refractivity contribution in [2.45, 2.75) is 20.4 Å². The number of nitrogens with zero attached hydrogens (tertiary/aromatic N) is 3. The lowest BCUT2D eigenvalue weighted by Gasteiger charge is -2.10. The molecule has 0 fully saturated rings. The minimum absolute atomic E-state index is 0.673. The van der Waals surface area contributed by atoms with Gasteiger partial charge in [-0.15, -0.1) is 0 Å². The zero-order valence-electron chi connectivity index (χ0n) is 13.2. The Morgan fingerprint density at radius 1 is 1.00 bits per heavy atom. The molecule has 0 radical (unpaired) electrons. The molecule has 0 unspecified atom stereocenters. The summed E-state index contributed by atoms with van der Waals surface area (Å²) in [4.78, 5) is 4.52. The number of hydrogen-bond donors (Lipinski definition) is 0. The van der Waals surface area contributed by atoms with Crippen LogP contribution in [0.1, 0.15) is 22.4 Å². The van der Waals surface area contributed by atoms with Gasteiger partial charge in [0.05, 0.1) is 17.8 Å². The van der Waals surface area contributed by atoms with E-state index in [0.29, 0.717) is 6.54 Å². The molecule has 0 saturated heterocycles. The van der Waals surface area contributed by atoms with Crippen LogP contribution < -0.4 is 4.74 Å². The quantitative estimate of drug-likeness (QED) is 0.550. The summed E-state index contributed by atoms with van der Waals surface area (Å²) in [6.07, 6.45) is 1.84. The average molecular weight is 303 g/mol. The molecule has 2 aromatic carbocycles. The Hall–Kier alpha value is -2.88. The van der Waals surface area contributed by atoms with E-state index in [9.17, 15) is 0 Å². The highest BCUT2D eigenvalue weighted by molar-refractivity contribution is 5.88. The summed E-state index contributed by atoms with van der Waals surface area (Å²) in [6, 6.07) is 16.3. The van der Waals surface area contributed by atoms with Crippen molar-refractivity contribution in [3.63, 3.8) is 0 Å². The second-order valence-electron chi connectivity index (χ2n) is 5.78. The number of benzene rings is 2. The largest absolute Gasteiger partial charge is 0.436 e. The minimum Gasteiger partial charge on any atom is -0.436 e. The maximum Gasteiger partial charge on any atom is 0.227 e. The maximum absolute atomic E-state index is 6.13. The Bertz CT molecular complexity index is 891. The van der Waals surface area contributed by atoms with Crippen LogP contribution in [0.5, 0.6) is 11.6 Å². The van der Waals surface area contributed by atoms with E-state index in [1.54, 1.807) is 0 Å². The molecule has 1 aromatic heterocycles. The van der Waals surface area contributed by atoms with E-state index in [1.165, 1.54) is 11.1 Å². The van der Waals surface area contributed by atoms with Gasteiger partial charge in [0.25, 0.3) is 0 Å². The first-order valence-corrected chi connectivity index (χ1v) is 7.64. The number of aliphatic imine (C=N–C) groups is 1. The molecule has 0 atom stereocenters. The molecular formula is C19H17N3O. The molecule has 23 heavy (non-hydrogen) atoms. The lowest BCUT2D eigenvalue weighted by molar-refractivity contribution is 0.422. The second kappa shape index (κ2) is 5.39. The molecule has 1 aliphatic heterocycles. The third kappa shape index (κ3) is 2.52. The van der Waals surface area contributed by atoms with Gasteiger partial charge in [-0.2, -0.15) is 5.10 Å². The van der Waals surface area contributed by atoms with E-state index in [-0.39, 0.29) is 0 Å². The third-order valence-corrected chi connectivity index (χ3v) is 3.98. The van der Waals surface area contributed by atoms with Gasteiger partial charge in [-0.25, -0.2) is 4.68 Å². The van der Waals surface area contributed by atoms with Gasteiger partial charge in [-0.1, -0.05) is 42.0 Å². The Balaban J connectivity index is 1.75. The van der Waals surface area contributed by atoms with Crippen molar-refractivity contribution >= 4 is 11.9 Å². The Morgan fingerprint density at radius 3 is 2.61 bits per heavy atom. The van der Waals surface area contributed by atoms with Crippen molar-refractivity contribution in [3.8, 4) is 11.6 Å². The number of para-hydroxylation sites is 2. The first-order valence-electron chi connectivity index (χ1n) is 7.64. The summed E-state index contributed by atoms with van der Waals surface area (Å²) in [6.45, 7) is 4.74. The molecule has 4 nitrogen and oxygen atoms in total. The van der Waals surface area contributed by atoms with Crippen LogP contribution in [0.4, 0.5) is 5.69 Å². The second-order valence-corrected chi connectivity index (χ2v) is 5.78. The van der Waals surface area contributed by atoms with Crippen LogP contribution in [-0.2, 0) is 6.54 Å². The molecule has 114 valence electrons. The van der Waals surface area contributed by atoms with Gasteiger partial charge in [0.15, 0.2) is 5.75 Å². The van der Waals surface area contributed by atoms with Gasteiger partial charge >= 0.3 is 0 Å². The van der Waals surface area contributed by atoms with E-state index in [1.807, 2.05) is 42.1 Å². The maximum atomic E-state index is 6.13. The van der Waals surface area contributed by atoms with Crippen molar-refractivity contribution in [2.75, 3.05) is 0 Å². The smallest absolute Gasteiger partial charge is 0.227 e. The number of ether oxygens (including phenoxy) is 1. The highest BCUT2D eigenvalue weighted by Crippen LogP contribution is 2.36. The first kappa shape index (κ1) is 13.8. The van der Waals surface area contributed by atoms with E-state index in [2.05, 4.69) is 41.3 Å². The summed E-state index contributed by atoms with van der Waals surface area (Å²) in [7, 11) is 0. The van der Waals surface area contributed by atoms with Crippen molar-refractivity contribution < 1.29 is 4.74 Å². The predicted molar refractivity (Wildman–Crippen MR) is 91.0 cm³/mol. The average Bonchev–Trinajstić information content (AvgIpc) is 2.73. The summed E-state index contributed by atoms with van der Waals surface area (Å²) in [5, 5.41) is 4.62. The van der Waals surface area contributed by atoms with Crippen molar-refractivity contribution in [2.24, 2.45) is 4.99 Å². The third-order valence-electron chi connectivity index (χ3n) is 3.98. The Kier molecular flexibility index (Phi) is 3.23. The summed E-state index contributed by atoms with van der Waals surface area (Å²) < 4.78 is 8.03. The molecule has 0 spiro atoms. The minimum atomic E-state index is 0.673. The first-order chi connectivity index (χ1) is 11.2. The van der Waals surface area contributed by atoms with Gasteiger partial charge in [-0.05, 0) is 31.5 Å². The van der Waals surface area contributed by atoms with Gasteiger partial charge in [0.1, 0.15) is 5.69 Å². The van der Waals surface area contributed by atoms with Crippen molar-refractivity contribution in [1.82, 2.24) is 9.78 Å². The molecule has 0 bridgehead atoms. The normalized spacial score (nSPS) is 12.3.